The molecule has 6 heteroatoms. The predicted molar refractivity (Wildman–Crippen MR) is 78.0 cm³/mol. The maximum Gasteiger partial charge on any atom is 0.250 e. The second kappa shape index (κ2) is 5.88. The van der Waals surface area contributed by atoms with Crippen LogP contribution in [0.15, 0.2) is 12.3 Å². The van der Waals surface area contributed by atoms with Gasteiger partial charge in [-0.2, -0.15) is 0 Å². The lowest BCUT2D eigenvalue weighted by molar-refractivity contribution is 0.100. The van der Waals surface area contributed by atoms with E-state index in [9.17, 15) is 4.79 Å². The van der Waals surface area contributed by atoms with Crippen LogP contribution in [0.3, 0.4) is 0 Å². The molecule has 1 heterocycles. The van der Waals surface area contributed by atoms with Crippen molar-refractivity contribution < 1.29 is 4.79 Å². The van der Waals surface area contributed by atoms with Gasteiger partial charge in [0.15, 0.2) is 0 Å². The summed E-state index contributed by atoms with van der Waals surface area (Å²) < 4.78 is 0. The number of nitrogens with one attached hydrogen (secondary N) is 1. The molecule has 1 aromatic rings. The molecule has 1 aromatic heterocycles. The van der Waals surface area contributed by atoms with E-state index in [0.29, 0.717) is 17.1 Å². The third-order valence-corrected chi connectivity index (χ3v) is 2.69. The summed E-state index contributed by atoms with van der Waals surface area (Å²) in [5, 5.41) is 3.21. The second-order valence-corrected chi connectivity index (χ2v) is 5.78. The first-order chi connectivity index (χ1) is 8.71. The van der Waals surface area contributed by atoms with Crippen molar-refractivity contribution in [1.29, 1.82) is 0 Å². The van der Waals surface area contributed by atoms with Gasteiger partial charge in [-0.1, -0.05) is 13.8 Å². The Morgan fingerprint density at radius 2 is 2.11 bits per heavy atom. The van der Waals surface area contributed by atoms with Crippen LogP contribution in [0.2, 0.25) is 0 Å². The number of nitrogen functional groups attached to an aromatic ring is 1. The molecule has 1 rings (SSSR count). The molecule has 0 radical (unpaired) electrons. The SMILES string of the molecule is CN(C)CC(C)(C)CNc1cc(C(N)=O)c(N)cn1. The van der Waals surface area contributed by atoms with Gasteiger partial charge in [0.2, 0.25) is 0 Å². The van der Waals surface area contributed by atoms with E-state index in [1.807, 2.05) is 14.1 Å². The second-order valence-electron chi connectivity index (χ2n) is 5.78. The minimum Gasteiger partial charge on any atom is -0.397 e. The Labute approximate surface area is 114 Å². The first kappa shape index (κ1) is 15.2. The lowest BCUT2D eigenvalue weighted by atomic mass is 9.93. The summed E-state index contributed by atoms with van der Waals surface area (Å²) in [6.07, 6.45) is 1.45. The zero-order valence-corrected chi connectivity index (χ0v) is 12.0. The van der Waals surface area contributed by atoms with Gasteiger partial charge in [-0.3, -0.25) is 4.79 Å². The molecule has 1 amide bonds. The Bertz CT molecular complexity index is 456. The summed E-state index contributed by atoms with van der Waals surface area (Å²) in [5.41, 5.74) is 11.6. The topological polar surface area (TPSA) is 97.3 Å². The number of carbonyl (C=O) groups is 1. The Morgan fingerprint density at radius 1 is 1.47 bits per heavy atom. The molecule has 19 heavy (non-hydrogen) atoms. The third kappa shape index (κ3) is 4.75. The van der Waals surface area contributed by atoms with Crippen molar-refractivity contribution >= 4 is 17.4 Å². The Kier molecular flexibility index (Phi) is 4.72. The highest BCUT2D eigenvalue weighted by atomic mass is 16.1. The molecule has 0 aliphatic carbocycles. The van der Waals surface area contributed by atoms with Crippen molar-refractivity contribution in [2.24, 2.45) is 11.1 Å². The summed E-state index contributed by atoms with van der Waals surface area (Å²) in [6.45, 7) is 6.00. The number of pyridine rings is 1. The van der Waals surface area contributed by atoms with E-state index in [0.717, 1.165) is 13.1 Å². The van der Waals surface area contributed by atoms with Gasteiger partial charge in [0.25, 0.3) is 5.91 Å². The van der Waals surface area contributed by atoms with Crippen LogP contribution in [-0.4, -0.2) is 43.0 Å². The van der Waals surface area contributed by atoms with Crippen LogP contribution in [0.5, 0.6) is 0 Å². The normalized spacial score (nSPS) is 11.6. The van der Waals surface area contributed by atoms with Crippen molar-refractivity contribution in [3.8, 4) is 0 Å². The zero-order valence-electron chi connectivity index (χ0n) is 12.0. The molecular formula is C13H23N5O. The van der Waals surface area contributed by atoms with Crippen LogP contribution in [0.25, 0.3) is 0 Å². The number of anilines is 2. The summed E-state index contributed by atoms with van der Waals surface area (Å²) in [6, 6.07) is 1.59. The lowest BCUT2D eigenvalue weighted by Crippen LogP contribution is -2.34. The number of carbonyl (C=O) groups excluding carboxylic acids is 1. The van der Waals surface area contributed by atoms with E-state index in [4.69, 9.17) is 11.5 Å². The molecule has 0 aliphatic rings. The highest BCUT2D eigenvalue weighted by Gasteiger charge is 2.19. The number of aromatic nitrogens is 1. The Balaban J connectivity index is 2.73. The van der Waals surface area contributed by atoms with E-state index in [-0.39, 0.29) is 5.41 Å². The molecule has 0 fully saturated rings. The average Bonchev–Trinajstić information content (AvgIpc) is 2.26. The largest absolute Gasteiger partial charge is 0.397 e. The molecule has 5 N–H and O–H groups in total. The fourth-order valence-electron chi connectivity index (χ4n) is 2.02. The number of nitrogens with zero attached hydrogens (tertiary/aromatic N) is 2. The number of nitrogens with two attached hydrogens (primary N) is 2. The highest BCUT2D eigenvalue weighted by molar-refractivity contribution is 5.98. The van der Waals surface area contributed by atoms with Crippen LogP contribution in [0, 0.1) is 5.41 Å². The molecule has 0 atom stereocenters. The fraction of sp³-hybridized carbons (Fsp3) is 0.538. The molecule has 0 saturated carbocycles. The van der Waals surface area contributed by atoms with Gasteiger partial charge in [-0.25, -0.2) is 4.98 Å². The standard InChI is InChI=1S/C13H23N5O/c1-13(2,8-18(3)4)7-17-11-5-9(12(15)19)10(14)6-16-11/h5-6H,7-8,14H2,1-4H3,(H2,15,19)(H,16,17). The van der Waals surface area contributed by atoms with Gasteiger partial charge in [-0.05, 0) is 25.6 Å². The van der Waals surface area contributed by atoms with Crippen molar-refractivity contribution in [1.82, 2.24) is 9.88 Å². The summed E-state index contributed by atoms with van der Waals surface area (Å²) in [7, 11) is 4.07. The van der Waals surface area contributed by atoms with Gasteiger partial charge in [0, 0.05) is 13.1 Å². The van der Waals surface area contributed by atoms with Crippen LogP contribution in [0.4, 0.5) is 11.5 Å². The van der Waals surface area contributed by atoms with E-state index in [2.05, 4.69) is 29.0 Å². The van der Waals surface area contributed by atoms with Gasteiger partial charge in [0.05, 0.1) is 17.4 Å². The maximum atomic E-state index is 11.2. The van der Waals surface area contributed by atoms with Gasteiger partial charge >= 0.3 is 0 Å². The number of primary amides is 1. The van der Waals surface area contributed by atoms with Crippen molar-refractivity contribution in [2.45, 2.75) is 13.8 Å². The maximum absolute atomic E-state index is 11.2. The van der Waals surface area contributed by atoms with E-state index in [1.165, 1.54) is 6.20 Å². The number of hydrogen-bond acceptors (Lipinski definition) is 5. The molecule has 0 aliphatic heterocycles. The van der Waals surface area contributed by atoms with Crippen molar-refractivity contribution in [3.63, 3.8) is 0 Å². The van der Waals surface area contributed by atoms with E-state index in [1.54, 1.807) is 6.07 Å². The summed E-state index contributed by atoms with van der Waals surface area (Å²) >= 11 is 0. The summed E-state index contributed by atoms with van der Waals surface area (Å²) in [5.74, 6) is 0.0605. The van der Waals surface area contributed by atoms with Crippen molar-refractivity contribution in [2.75, 3.05) is 38.2 Å². The van der Waals surface area contributed by atoms with Gasteiger partial charge < -0.3 is 21.7 Å². The molecule has 0 saturated heterocycles. The molecular weight excluding hydrogens is 242 g/mol. The van der Waals surface area contributed by atoms with Crippen LogP contribution >= 0.6 is 0 Å². The number of hydrogen-bond donors (Lipinski definition) is 3. The Morgan fingerprint density at radius 3 is 2.63 bits per heavy atom. The average molecular weight is 265 g/mol. The van der Waals surface area contributed by atoms with Crippen LogP contribution in [0.1, 0.15) is 24.2 Å². The first-order valence-corrected chi connectivity index (χ1v) is 6.15. The minimum absolute atomic E-state index is 0.0828. The zero-order chi connectivity index (χ0) is 14.6. The number of amides is 1. The quantitative estimate of drug-likeness (QED) is 0.705. The van der Waals surface area contributed by atoms with E-state index >= 15 is 0 Å². The molecule has 6 nitrogen and oxygen atoms in total. The highest BCUT2D eigenvalue weighted by Crippen LogP contribution is 2.19. The van der Waals surface area contributed by atoms with Crippen LogP contribution < -0.4 is 16.8 Å². The molecule has 0 bridgehead atoms. The van der Waals surface area contributed by atoms with Crippen LogP contribution in [-0.2, 0) is 0 Å². The minimum atomic E-state index is -0.546. The predicted octanol–water partition coefficient (Wildman–Crippen LogP) is 0.762. The summed E-state index contributed by atoms with van der Waals surface area (Å²) in [4.78, 5) is 17.5. The Hall–Kier alpha value is -1.82. The van der Waals surface area contributed by atoms with Crippen molar-refractivity contribution in [3.05, 3.63) is 17.8 Å². The first-order valence-electron chi connectivity index (χ1n) is 6.15. The smallest absolute Gasteiger partial charge is 0.250 e. The molecule has 106 valence electrons. The monoisotopic (exact) mass is 265 g/mol. The number of rotatable bonds is 6. The molecule has 0 spiro atoms. The third-order valence-electron chi connectivity index (χ3n) is 2.69. The van der Waals surface area contributed by atoms with Gasteiger partial charge in [0.1, 0.15) is 5.82 Å². The molecule has 0 aromatic carbocycles. The molecule has 0 unspecified atom stereocenters. The van der Waals surface area contributed by atoms with E-state index < -0.39 is 5.91 Å². The lowest BCUT2D eigenvalue weighted by Gasteiger charge is -2.28. The fourth-order valence-corrected chi connectivity index (χ4v) is 2.02. The van der Waals surface area contributed by atoms with Gasteiger partial charge in [-0.15, -0.1) is 0 Å².